The zero-order chi connectivity index (χ0) is 12.4. The molecule has 0 amide bonds. The lowest BCUT2D eigenvalue weighted by atomic mass is 9.79. The lowest BCUT2D eigenvalue weighted by Gasteiger charge is -2.14. The van der Waals surface area contributed by atoms with Crippen molar-refractivity contribution in [2.75, 3.05) is 0 Å². The summed E-state index contributed by atoms with van der Waals surface area (Å²) in [6, 6.07) is 20.3. The molecule has 2 aromatic rings. The molecule has 0 N–H and O–H groups in total. The summed E-state index contributed by atoms with van der Waals surface area (Å²) in [4.78, 5) is 0. The Morgan fingerprint density at radius 2 is 1.44 bits per heavy atom. The van der Waals surface area contributed by atoms with Gasteiger partial charge in [-0.25, -0.2) is 0 Å². The monoisotopic (exact) mass is 238 g/mol. The van der Waals surface area contributed by atoms with Crippen LogP contribution >= 0.6 is 0 Å². The molecular formula is C15H15BO2. The Morgan fingerprint density at radius 3 is 2.11 bits per heavy atom. The van der Waals surface area contributed by atoms with E-state index in [0.29, 0.717) is 0 Å². The van der Waals surface area contributed by atoms with E-state index in [1.165, 1.54) is 5.56 Å². The molecule has 1 aliphatic heterocycles. The van der Waals surface area contributed by atoms with Gasteiger partial charge in [-0.15, -0.1) is 0 Å². The average Bonchev–Trinajstić information content (AvgIpc) is 2.83. The maximum atomic E-state index is 6.02. The summed E-state index contributed by atoms with van der Waals surface area (Å²) in [6.07, 6.45) is 0.0778. The molecule has 3 rings (SSSR count). The Kier molecular flexibility index (Phi) is 3.18. The van der Waals surface area contributed by atoms with Crippen LogP contribution in [0, 0.1) is 0 Å². The van der Waals surface area contributed by atoms with E-state index in [1.807, 2.05) is 48.5 Å². The van der Waals surface area contributed by atoms with E-state index >= 15 is 0 Å². The normalized spacial score (nSPS) is 23.3. The molecule has 0 unspecified atom stereocenters. The Balaban J connectivity index is 1.81. The highest BCUT2D eigenvalue weighted by molar-refractivity contribution is 6.61. The zero-order valence-electron chi connectivity index (χ0n) is 10.3. The van der Waals surface area contributed by atoms with Crippen LogP contribution < -0.4 is 5.46 Å². The molecule has 2 atom stereocenters. The van der Waals surface area contributed by atoms with Crippen molar-refractivity contribution in [2.24, 2.45) is 0 Å². The second kappa shape index (κ2) is 4.97. The van der Waals surface area contributed by atoms with Gasteiger partial charge in [-0.3, -0.25) is 0 Å². The molecule has 1 heterocycles. The average molecular weight is 238 g/mol. The van der Waals surface area contributed by atoms with Gasteiger partial charge < -0.3 is 9.31 Å². The van der Waals surface area contributed by atoms with E-state index in [-0.39, 0.29) is 19.3 Å². The van der Waals surface area contributed by atoms with Crippen molar-refractivity contribution in [3.8, 4) is 0 Å². The van der Waals surface area contributed by atoms with Crippen LogP contribution in [-0.2, 0) is 9.31 Å². The topological polar surface area (TPSA) is 18.5 Å². The van der Waals surface area contributed by atoms with Crippen molar-refractivity contribution in [3.05, 3.63) is 66.2 Å². The van der Waals surface area contributed by atoms with Gasteiger partial charge in [0.05, 0.1) is 12.2 Å². The van der Waals surface area contributed by atoms with Crippen molar-refractivity contribution in [1.82, 2.24) is 0 Å². The van der Waals surface area contributed by atoms with Crippen LogP contribution in [0.2, 0.25) is 0 Å². The SMILES string of the molecule is C[C@H]1OB(c2ccccc2)O[C@@H]1c1ccccc1. The number of benzene rings is 2. The largest absolute Gasteiger partial charge is 0.494 e. The molecule has 0 radical (unpaired) electrons. The Hall–Kier alpha value is -1.58. The summed E-state index contributed by atoms with van der Waals surface area (Å²) in [7, 11) is -0.258. The summed E-state index contributed by atoms with van der Waals surface area (Å²) in [5.74, 6) is 0. The number of hydrogen-bond acceptors (Lipinski definition) is 2. The van der Waals surface area contributed by atoms with Crippen LogP contribution in [0.1, 0.15) is 18.6 Å². The minimum atomic E-state index is -0.258. The molecule has 18 heavy (non-hydrogen) atoms. The van der Waals surface area contributed by atoms with Gasteiger partial charge in [0.25, 0.3) is 0 Å². The molecule has 2 nitrogen and oxygen atoms in total. The Bertz CT molecular complexity index is 500. The molecule has 1 saturated heterocycles. The van der Waals surface area contributed by atoms with Gasteiger partial charge in [0, 0.05) is 0 Å². The van der Waals surface area contributed by atoms with Crippen molar-refractivity contribution in [1.29, 1.82) is 0 Å². The van der Waals surface area contributed by atoms with Crippen LogP contribution in [-0.4, -0.2) is 13.2 Å². The van der Waals surface area contributed by atoms with Crippen LogP contribution in [0.3, 0.4) is 0 Å². The van der Waals surface area contributed by atoms with Crippen LogP contribution in [0.5, 0.6) is 0 Å². The molecule has 3 heteroatoms. The fourth-order valence-corrected chi connectivity index (χ4v) is 2.30. The standard InChI is InChI=1S/C15H15BO2/c1-12-15(13-8-4-2-5-9-13)18-16(17-12)14-10-6-3-7-11-14/h2-12,15H,1H3/t12-,15+/m1/s1. The van der Waals surface area contributed by atoms with Crippen molar-refractivity contribution in [3.63, 3.8) is 0 Å². The number of rotatable bonds is 2. The van der Waals surface area contributed by atoms with Gasteiger partial charge >= 0.3 is 7.12 Å². The first kappa shape index (κ1) is 11.5. The first-order valence-electron chi connectivity index (χ1n) is 6.25. The van der Waals surface area contributed by atoms with E-state index in [4.69, 9.17) is 9.31 Å². The maximum Gasteiger partial charge on any atom is 0.494 e. The van der Waals surface area contributed by atoms with Gasteiger partial charge in [-0.1, -0.05) is 60.7 Å². The fourth-order valence-electron chi connectivity index (χ4n) is 2.30. The Morgan fingerprint density at radius 1 is 0.833 bits per heavy atom. The molecule has 0 aromatic heterocycles. The van der Waals surface area contributed by atoms with Gasteiger partial charge in [0.1, 0.15) is 0 Å². The van der Waals surface area contributed by atoms with Crippen LogP contribution in [0.25, 0.3) is 0 Å². The Labute approximate surface area is 108 Å². The fraction of sp³-hybridized carbons (Fsp3) is 0.200. The zero-order valence-corrected chi connectivity index (χ0v) is 10.3. The molecule has 2 aromatic carbocycles. The van der Waals surface area contributed by atoms with Crippen LogP contribution in [0.4, 0.5) is 0 Å². The first-order valence-corrected chi connectivity index (χ1v) is 6.25. The lowest BCUT2D eigenvalue weighted by Crippen LogP contribution is -2.31. The van der Waals surface area contributed by atoms with E-state index in [9.17, 15) is 0 Å². The van der Waals surface area contributed by atoms with Gasteiger partial charge in [-0.2, -0.15) is 0 Å². The summed E-state index contributed by atoms with van der Waals surface area (Å²) in [5, 5.41) is 0. The minimum Gasteiger partial charge on any atom is -0.402 e. The summed E-state index contributed by atoms with van der Waals surface area (Å²) in [5.41, 5.74) is 2.24. The second-order valence-corrected chi connectivity index (χ2v) is 4.55. The molecular weight excluding hydrogens is 223 g/mol. The highest BCUT2D eigenvalue weighted by Crippen LogP contribution is 2.30. The molecule has 0 saturated carbocycles. The van der Waals surface area contributed by atoms with E-state index in [1.54, 1.807) is 0 Å². The van der Waals surface area contributed by atoms with Crippen LogP contribution in [0.15, 0.2) is 60.7 Å². The molecule has 1 fully saturated rings. The van der Waals surface area contributed by atoms with Gasteiger partial charge in [-0.05, 0) is 17.9 Å². The van der Waals surface area contributed by atoms with Gasteiger partial charge in [0.15, 0.2) is 0 Å². The molecule has 0 aliphatic carbocycles. The lowest BCUT2D eigenvalue weighted by molar-refractivity contribution is 0.173. The molecule has 0 bridgehead atoms. The predicted molar refractivity (Wildman–Crippen MR) is 72.6 cm³/mol. The van der Waals surface area contributed by atoms with E-state index in [2.05, 4.69) is 19.1 Å². The number of hydrogen-bond donors (Lipinski definition) is 0. The predicted octanol–water partition coefficient (Wildman–Crippen LogP) is 2.56. The quantitative estimate of drug-likeness (QED) is 0.748. The highest BCUT2D eigenvalue weighted by Gasteiger charge is 2.38. The van der Waals surface area contributed by atoms with E-state index < -0.39 is 0 Å². The highest BCUT2D eigenvalue weighted by atomic mass is 16.7. The summed E-state index contributed by atoms with van der Waals surface area (Å²) in [6.45, 7) is 2.06. The molecule has 90 valence electrons. The van der Waals surface area contributed by atoms with Crippen molar-refractivity contribution in [2.45, 2.75) is 19.1 Å². The molecule has 0 spiro atoms. The minimum absolute atomic E-state index is 0.0106. The third-order valence-corrected chi connectivity index (χ3v) is 3.23. The van der Waals surface area contributed by atoms with Gasteiger partial charge in [0.2, 0.25) is 0 Å². The second-order valence-electron chi connectivity index (χ2n) is 4.55. The summed E-state index contributed by atoms with van der Waals surface area (Å²) >= 11 is 0. The summed E-state index contributed by atoms with van der Waals surface area (Å²) < 4.78 is 11.9. The smallest absolute Gasteiger partial charge is 0.402 e. The first-order chi connectivity index (χ1) is 8.84. The third kappa shape index (κ3) is 2.19. The van der Waals surface area contributed by atoms with Crippen molar-refractivity contribution >= 4 is 12.6 Å². The van der Waals surface area contributed by atoms with Crippen molar-refractivity contribution < 1.29 is 9.31 Å². The maximum absolute atomic E-state index is 6.02. The third-order valence-electron chi connectivity index (χ3n) is 3.23. The molecule has 1 aliphatic rings. The van der Waals surface area contributed by atoms with E-state index in [0.717, 1.165) is 5.46 Å².